The molecule has 2 aromatic carbocycles. The lowest BCUT2D eigenvalue weighted by molar-refractivity contribution is -0.384. The van der Waals surface area contributed by atoms with Crippen LogP contribution in [0.15, 0.2) is 59.5 Å². The van der Waals surface area contributed by atoms with Crippen LogP contribution in [0.4, 0.5) is 11.5 Å². The molecule has 0 aliphatic carbocycles. The van der Waals surface area contributed by atoms with Gasteiger partial charge >= 0.3 is 0 Å². The van der Waals surface area contributed by atoms with Gasteiger partial charge in [0.25, 0.3) is 11.6 Å². The maximum Gasteiger partial charge on any atom is 0.269 e. The van der Waals surface area contributed by atoms with E-state index in [1.807, 2.05) is 0 Å². The van der Waals surface area contributed by atoms with Gasteiger partial charge in [0.05, 0.1) is 21.2 Å². The maximum atomic E-state index is 12.6. The number of anilines is 1. The number of aryl methyl sites for hydroxylation is 1. The molecule has 0 radical (unpaired) electrons. The third kappa shape index (κ3) is 4.21. The molecule has 3 aromatic rings. The van der Waals surface area contributed by atoms with E-state index in [1.165, 1.54) is 67.3 Å². The fraction of sp³-hybridized carbons (Fsp3) is 0.158. The number of amides is 1. The van der Waals surface area contributed by atoms with Crippen molar-refractivity contribution in [2.24, 2.45) is 0 Å². The SMILES string of the molecule is Cc1cc(NC(=O)c2ccc(S(=O)(=O)N(C)C)cc2)n(-c2ccc([N+](=O)[O-])cc2)n1. The van der Waals surface area contributed by atoms with E-state index in [1.54, 1.807) is 13.0 Å². The van der Waals surface area contributed by atoms with Gasteiger partial charge in [-0.1, -0.05) is 0 Å². The molecule has 3 rings (SSSR count). The quantitative estimate of drug-likeness (QED) is 0.474. The highest BCUT2D eigenvalue weighted by Gasteiger charge is 2.18. The number of hydrogen-bond donors (Lipinski definition) is 1. The Morgan fingerprint density at radius 1 is 1.10 bits per heavy atom. The lowest BCUT2D eigenvalue weighted by Gasteiger charge is -2.12. The number of nitro benzene ring substituents is 1. The van der Waals surface area contributed by atoms with Gasteiger partial charge in [0.2, 0.25) is 10.0 Å². The first-order chi connectivity index (χ1) is 14.1. The minimum absolute atomic E-state index is 0.0546. The number of nitro groups is 1. The van der Waals surface area contributed by atoms with Gasteiger partial charge in [-0.25, -0.2) is 17.4 Å². The van der Waals surface area contributed by atoms with Gasteiger partial charge in [-0.3, -0.25) is 14.9 Å². The van der Waals surface area contributed by atoms with E-state index < -0.39 is 20.9 Å². The van der Waals surface area contributed by atoms with Gasteiger partial charge < -0.3 is 5.32 Å². The fourth-order valence-corrected chi connectivity index (χ4v) is 3.58. The van der Waals surface area contributed by atoms with Crippen LogP contribution >= 0.6 is 0 Å². The molecule has 0 aliphatic rings. The number of benzene rings is 2. The summed E-state index contributed by atoms with van der Waals surface area (Å²) in [6.07, 6.45) is 0. The summed E-state index contributed by atoms with van der Waals surface area (Å²) in [6, 6.07) is 13.0. The van der Waals surface area contributed by atoms with Gasteiger partial charge in [-0.2, -0.15) is 5.10 Å². The zero-order valence-corrected chi connectivity index (χ0v) is 17.3. The minimum atomic E-state index is -3.59. The second kappa shape index (κ2) is 8.05. The molecule has 0 atom stereocenters. The van der Waals surface area contributed by atoms with Crippen LogP contribution in [-0.2, 0) is 10.0 Å². The molecule has 156 valence electrons. The first kappa shape index (κ1) is 21.1. The number of carbonyl (C=O) groups excluding carboxylic acids is 1. The highest BCUT2D eigenvalue weighted by molar-refractivity contribution is 7.89. The normalized spacial score (nSPS) is 11.5. The topological polar surface area (TPSA) is 127 Å². The predicted octanol–water partition coefficient (Wildman–Crippen LogP) is 2.59. The van der Waals surface area contributed by atoms with E-state index in [2.05, 4.69) is 10.4 Å². The van der Waals surface area contributed by atoms with Crippen LogP contribution in [-0.4, -0.2) is 47.4 Å². The molecule has 1 N–H and O–H groups in total. The third-order valence-corrected chi connectivity index (χ3v) is 6.10. The standard InChI is InChI=1S/C19H19N5O5S/c1-13-12-18(23(21-13)15-6-8-16(9-7-15)24(26)27)20-19(25)14-4-10-17(11-5-14)30(28,29)22(2)3/h4-12H,1-3H3,(H,20,25). The van der Waals surface area contributed by atoms with Crippen molar-refractivity contribution in [3.8, 4) is 5.69 Å². The molecule has 30 heavy (non-hydrogen) atoms. The Balaban J connectivity index is 1.85. The van der Waals surface area contributed by atoms with Crippen molar-refractivity contribution in [1.29, 1.82) is 0 Å². The predicted molar refractivity (Wildman–Crippen MR) is 110 cm³/mol. The minimum Gasteiger partial charge on any atom is -0.306 e. The van der Waals surface area contributed by atoms with Crippen LogP contribution in [0.2, 0.25) is 0 Å². The number of nitrogens with one attached hydrogen (secondary N) is 1. The molecular weight excluding hydrogens is 410 g/mol. The Hall–Kier alpha value is -3.57. The number of hydrogen-bond acceptors (Lipinski definition) is 6. The number of rotatable bonds is 6. The summed E-state index contributed by atoms with van der Waals surface area (Å²) in [5.74, 6) is -0.0804. The summed E-state index contributed by atoms with van der Waals surface area (Å²) in [5.41, 5.74) is 1.38. The first-order valence-electron chi connectivity index (χ1n) is 8.75. The number of aromatic nitrogens is 2. The lowest BCUT2D eigenvalue weighted by atomic mass is 10.2. The summed E-state index contributed by atoms with van der Waals surface area (Å²) < 4.78 is 26.8. The van der Waals surface area contributed by atoms with E-state index in [9.17, 15) is 23.3 Å². The van der Waals surface area contributed by atoms with E-state index in [4.69, 9.17) is 0 Å². The van der Waals surface area contributed by atoms with Gasteiger partial charge in [0, 0.05) is 37.9 Å². The van der Waals surface area contributed by atoms with Crippen LogP contribution in [0.5, 0.6) is 0 Å². The average molecular weight is 429 g/mol. The number of nitrogens with zero attached hydrogens (tertiary/aromatic N) is 4. The van der Waals surface area contributed by atoms with Gasteiger partial charge in [-0.05, 0) is 43.3 Å². The second-order valence-electron chi connectivity index (χ2n) is 6.62. The molecule has 0 unspecified atom stereocenters. The van der Waals surface area contributed by atoms with E-state index >= 15 is 0 Å². The molecule has 10 nitrogen and oxygen atoms in total. The van der Waals surface area contributed by atoms with E-state index in [0.29, 0.717) is 17.2 Å². The summed E-state index contributed by atoms with van der Waals surface area (Å²) in [7, 11) is -0.731. The Morgan fingerprint density at radius 2 is 1.70 bits per heavy atom. The monoisotopic (exact) mass is 429 g/mol. The Labute approximate surface area is 172 Å². The van der Waals surface area contributed by atoms with Crippen molar-refractivity contribution in [3.63, 3.8) is 0 Å². The van der Waals surface area contributed by atoms with E-state index in [0.717, 1.165) is 4.31 Å². The highest BCUT2D eigenvalue weighted by atomic mass is 32.2. The summed E-state index contributed by atoms with van der Waals surface area (Å²) in [5, 5.41) is 17.9. The zero-order valence-electron chi connectivity index (χ0n) is 16.4. The molecular formula is C19H19N5O5S. The summed E-state index contributed by atoms with van der Waals surface area (Å²) in [4.78, 5) is 23.1. The molecule has 1 aromatic heterocycles. The molecule has 0 fully saturated rings. The fourth-order valence-electron chi connectivity index (χ4n) is 2.68. The zero-order chi connectivity index (χ0) is 22.1. The first-order valence-corrected chi connectivity index (χ1v) is 10.2. The van der Waals surface area contributed by atoms with Gasteiger partial charge in [0.1, 0.15) is 5.82 Å². The highest BCUT2D eigenvalue weighted by Crippen LogP contribution is 2.21. The number of carbonyl (C=O) groups is 1. The molecule has 0 bridgehead atoms. The van der Waals surface area contributed by atoms with Crippen molar-refractivity contribution < 1.29 is 18.1 Å². The molecule has 1 heterocycles. The largest absolute Gasteiger partial charge is 0.306 e. The molecule has 1 amide bonds. The molecule has 0 saturated heterocycles. The van der Waals surface area contributed by atoms with Crippen LogP contribution in [0.3, 0.4) is 0 Å². The van der Waals surface area contributed by atoms with Gasteiger partial charge in [-0.15, -0.1) is 0 Å². The molecule has 0 spiro atoms. The average Bonchev–Trinajstić information content (AvgIpc) is 3.08. The third-order valence-electron chi connectivity index (χ3n) is 4.27. The molecule has 0 saturated carbocycles. The summed E-state index contributed by atoms with van der Waals surface area (Å²) >= 11 is 0. The van der Waals surface area contributed by atoms with Crippen LogP contribution < -0.4 is 5.32 Å². The smallest absolute Gasteiger partial charge is 0.269 e. The Morgan fingerprint density at radius 3 is 2.23 bits per heavy atom. The lowest BCUT2D eigenvalue weighted by Crippen LogP contribution is -2.22. The Kier molecular flexibility index (Phi) is 5.67. The van der Waals surface area contributed by atoms with Crippen molar-refractivity contribution in [2.75, 3.05) is 19.4 Å². The van der Waals surface area contributed by atoms with Crippen molar-refractivity contribution in [2.45, 2.75) is 11.8 Å². The van der Waals surface area contributed by atoms with Crippen molar-refractivity contribution in [1.82, 2.24) is 14.1 Å². The Bertz CT molecular complexity index is 1200. The van der Waals surface area contributed by atoms with Crippen molar-refractivity contribution >= 4 is 27.4 Å². The van der Waals surface area contributed by atoms with Crippen LogP contribution in [0.25, 0.3) is 5.69 Å². The summed E-state index contributed by atoms with van der Waals surface area (Å²) in [6.45, 7) is 1.75. The molecule has 11 heteroatoms. The van der Waals surface area contributed by atoms with Crippen LogP contribution in [0.1, 0.15) is 16.1 Å². The second-order valence-corrected chi connectivity index (χ2v) is 8.77. The molecule has 0 aliphatic heterocycles. The van der Waals surface area contributed by atoms with Crippen LogP contribution in [0, 0.1) is 17.0 Å². The number of non-ortho nitro benzene ring substituents is 1. The number of sulfonamides is 1. The maximum absolute atomic E-state index is 12.6. The van der Waals surface area contributed by atoms with Crippen molar-refractivity contribution in [3.05, 3.63) is 76.0 Å². The van der Waals surface area contributed by atoms with Gasteiger partial charge in [0.15, 0.2) is 0 Å². The van der Waals surface area contributed by atoms with E-state index in [-0.39, 0.29) is 16.1 Å².